The number of alkyl halides is 7. The van der Waals surface area contributed by atoms with Crippen LogP contribution in [-0.4, -0.2) is 347 Å². The van der Waals surface area contributed by atoms with E-state index in [9.17, 15) is 142 Å². The smallest absolute Gasteiger partial charge is 0.394 e. The fraction of sp³-hybridized carbons (Fsp3) is 0.493. The zero-order valence-corrected chi connectivity index (χ0v) is 76.1. The van der Waals surface area contributed by atoms with Crippen molar-refractivity contribution in [3.63, 3.8) is 0 Å². The maximum atomic E-state index is 12.6. The first-order valence-electron chi connectivity index (χ1n) is 42.7. The molecule has 14 aromatic rings. The van der Waals surface area contributed by atoms with Gasteiger partial charge in [0.1, 0.15) is 256 Å². The van der Waals surface area contributed by atoms with Crippen LogP contribution in [0, 0.1) is 76.7 Å². The number of hydrogen-bond acceptors (Lipinski definition) is 46. The van der Waals surface area contributed by atoms with Gasteiger partial charge in [0, 0.05) is 25.5 Å². The summed E-state index contributed by atoms with van der Waals surface area (Å²) in [6, 6.07) is -1.35. The third-order valence-electron chi connectivity index (χ3n) is 20.3. The summed E-state index contributed by atoms with van der Waals surface area (Å²) in [5.41, 5.74) is 2.31. The van der Waals surface area contributed by atoms with Gasteiger partial charge in [0.25, 0.3) is 0 Å². The second-order valence-electron chi connectivity index (χ2n) is 31.0. The van der Waals surface area contributed by atoms with Crippen molar-refractivity contribution in [1.29, 1.82) is 0 Å². The molecule has 14 heterocycles. The average molecular weight is 2080 g/mol. The summed E-state index contributed by atoms with van der Waals surface area (Å²) >= 11 is 0. The second kappa shape index (κ2) is 56.0. The summed E-state index contributed by atoms with van der Waals surface area (Å²) in [4.78, 5) is 120. The molecule has 0 saturated heterocycles. The molecule has 14 aromatic heterocycles. The first-order valence-corrected chi connectivity index (χ1v) is 42.7. The van der Waals surface area contributed by atoms with E-state index in [1.807, 2.05) is 0 Å². The van der Waals surface area contributed by atoms with Crippen LogP contribution in [0.15, 0.2) is 130 Å². The summed E-state index contributed by atoms with van der Waals surface area (Å²) in [7, 11) is 0. The van der Waals surface area contributed by atoms with Crippen LogP contribution < -0.4 is 0 Å². The van der Waals surface area contributed by atoms with Crippen LogP contribution in [0.4, 0.5) is 72.4 Å². The van der Waals surface area contributed by atoms with Gasteiger partial charge in [-0.3, -0.25) is 9.59 Å². The van der Waals surface area contributed by atoms with Gasteiger partial charge in [0.05, 0.1) is 100 Å². The molecule has 1 saturated carbocycles. The quantitative estimate of drug-likeness (QED) is 0.0124. The third kappa shape index (κ3) is 34.0. The Morgan fingerprint density at radius 1 is 0.374 bits per heavy atom. The molecule has 0 spiro atoms. The topological polar surface area (TPSA) is 858 Å². The number of halogens is 7. The molecule has 0 radical (unpaired) electrons. The molecule has 0 aromatic carbocycles. The maximum Gasteiger partial charge on any atom is 0.434 e. The predicted octanol–water partition coefficient (Wildman–Crippen LogP) is -1.08. The number of aryl methyl sites for hydroxylation is 3. The molecule has 0 amide bonds. The van der Waals surface area contributed by atoms with Gasteiger partial charge >= 0.3 is 41.6 Å². The van der Waals surface area contributed by atoms with E-state index >= 15 is 0 Å². The summed E-state index contributed by atoms with van der Waals surface area (Å²) in [5.74, 6) is -3.50. The Bertz CT molecular complexity index is 6520. The summed E-state index contributed by atoms with van der Waals surface area (Å²) in [6.45, 7) is -6.21. The fourth-order valence-corrected chi connectivity index (χ4v) is 13.2. The minimum Gasteiger partial charge on any atom is -0.394 e. The molecule has 1 aliphatic rings. The second-order valence-corrected chi connectivity index (χ2v) is 31.0. The molecular weight excluding hydrogens is 1990 g/mol. The number of nitro groups is 7. The van der Waals surface area contributed by atoms with Gasteiger partial charge in [-0.1, -0.05) is 71.4 Å². The van der Waals surface area contributed by atoms with Gasteiger partial charge in [-0.05, 0) is 53.2 Å². The van der Waals surface area contributed by atoms with Crippen molar-refractivity contribution in [2.45, 2.75) is 185 Å². The van der Waals surface area contributed by atoms with Crippen LogP contribution in [0.5, 0.6) is 0 Å². The van der Waals surface area contributed by atoms with E-state index in [2.05, 4.69) is 107 Å². The molecule has 11 atom stereocenters. The monoisotopic (exact) mass is 2080 g/mol. The molecule has 74 heteroatoms. The zero-order chi connectivity index (χ0) is 107. The first kappa shape index (κ1) is 113. The molecule has 1 aliphatic carbocycles. The fourth-order valence-electron chi connectivity index (χ4n) is 13.2. The molecule has 147 heavy (non-hydrogen) atoms. The normalized spacial score (nSPS) is 15.1. The van der Waals surface area contributed by atoms with Crippen molar-refractivity contribution >= 4 is 53.2 Å². The first-order chi connectivity index (χ1) is 70.4. The van der Waals surface area contributed by atoms with Crippen molar-refractivity contribution in [2.75, 3.05) is 40.0 Å². The maximum absolute atomic E-state index is 12.6. The summed E-state index contributed by atoms with van der Waals surface area (Å²) in [6.07, 6.45) is 20.1. The molecule has 0 bridgehead atoms. The Balaban J connectivity index is 0.000000191. The van der Waals surface area contributed by atoms with Gasteiger partial charge in [-0.25, -0.2) is 95.5 Å². The number of ketones is 2. The molecule has 11 unspecified atom stereocenters. The lowest BCUT2D eigenvalue weighted by molar-refractivity contribution is -0.397. The number of Topliss-reactive ketones (excluding diaryl/α,β-unsaturated/α-hetero) is 2. The van der Waals surface area contributed by atoms with Crippen molar-refractivity contribution in [2.24, 2.45) is 5.92 Å². The van der Waals surface area contributed by atoms with Crippen LogP contribution in [0.25, 0.3) is 0 Å². The van der Waals surface area contributed by atoms with E-state index in [1.165, 1.54) is 180 Å². The van der Waals surface area contributed by atoms with E-state index in [0.717, 1.165) is 9.13 Å². The average Bonchev–Trinajstić information content (AvgIpc) is 1.77. The molecule has 15 rings (SSSR count). The number of aliphatic hydroxyl groups excluding tert-OH is 9. The Hall–Kier alpha value is -17.3. The number of carbonyl (C=O) groups is 2. The Morgan fingerprint density at radius 2 is 0.741 bits per heavy atom. The van der Waals surface area contributed by atoms with E-state index in [-0.39, 0.29) is 163 Å². The van der Waals surface area contributed by atoms with Crippen LogP contribution in [0.2, 0.25) is 0 Å². The van der Waals surface area contributed by atoms with Crippen LogP contribution in [0.3, 0.4) is 0 Å². The van der Waals surface area contributed by atoms with Crippen molar-refractivity contribution in [3.05, 3.63) is 241 Å². The zero-order valence-electron chi connectivity index (χ0n) is 76.1. The molecular formula is C73H91F7N42O25. The van der Waals surface area contributed by atoms with Gasteiger partial charge in [0.15, 0.2) is 11.6 Å². The third-order valence-corrected chi connectivity index (χ3v) is 20.3. The predicted molar refractivity (Wildman–Crippen MR) is 467 cm³/mol. The Labute approximate surface area is 814 Å². The van der Waals surface area contributed by atoms with E-state index in [0.29, 0.717) is 29.2 Å². The lowest BCUT2D eigenvalue weighted by Crippen LogP contribution is -2.41. The van der Waals surface area contributed by atoms with Crippen molar-refractivity contribution in [1.82, 2.24) is 172 Å². The minimum absolute atomic E-state index is 0.0183. The highest BCUT2D eigenvalue weighted by Gasteiger charge is 2.39. The van der Waals surface area contributed by atoms with Crippen molar-refractivity contribution < 1.29 is 121 Å². The van der Waals surface area contributed by atoms with Gasteiger partial charge in [-0.2, -0.15) is 0 Å². The molecule has 1 fully saturated rings. The highest BCUT2D eigenvalue weighted by Crippen LogP contribution is 2.35. The summed E-state index contributed by atoms with van der Waals surface area (Å²) < 4.78 is 103. The SMILES string of the molecule is O=C(CC1CC(O)C(n2cc(C[18F])nn2)CC1O)Cn1ccnc1[N+](=O)[O-].O=C(CCc1cn(CC[18F])nn1)Cn1ccnc1[N+](=O)[O-].O=[N+]([O-])c1nccn1CC(O)C(O)Cn1cc(C[18F])nn1.O=[N+]([O-])c1nccn1CC(O)c1cn(CC[18F])nn1.O=[N+]([O-])c1nccn1Cc1cn(C(CO)C[18F])nn1.O=[N+]([O-])c1nccn1Cc1cn(CC(O)C(O)C[18F])nn1.O=[N+]([O-])c1nccn1Cc1cn(CC(O)C[18F])nn1. The number of hydrogen-bond donors (Lipinski definition) is 9. The lowest BCUT2D eigenvalue weighted by Gasteiger charge is -2.36. The number of aromatic nitrogens is 35. The molecule has 0 aliphatic heterocycles. The molecule has 9 N–H and O–H groups in total. The van der Waals surface area contributed by atoms with Crippen LogP contribution in [-0.2, 0) is 108 Å². The van der Waals surface area contributed by atoms with Crippen molar-refractivity contribution in [3.8, 4) is 0 Å². The minimum atomic E-state index is -1.49. The highest BCUT2D eigenvalue weighted by molar-refractivity contribution is 5.79. The lowest BCUT2D eigenvalue weighted by atomic mass is 9.79. The summed E-state index contributed by atoms with van der Waals surface area (Å²) in [5, 5.41) is 214. The number of carbonyl (C=O) groups excluding carboxylic acids is 2. The number of imidazole rings is 7. The molecule has 792 valence electrons. The largest absolute Gasteiger partial charge is 0.434 e. The number of aliphatic hydroxyl groups is 9. The van der Waals surface area contributed by atoms with Crippen LogP contribution in [0.1, 0.15) is 83.7 Å². The van der Waals surface area contributed by atoms with Crippen LogP contribution >= 0.6 is 0 Å². The van der Waals surface area contributed by atoms with E-state index in [1.54, 1.807) is 6.20 Å². The van der Waals surface area contributed by atoms with Gasteiger partial charge in [-0.15, -0.1) is 35.7 Å². The molecule has 67 nitrogen and oxygen atoms in total. The van der Waals surface area contributed by atoms with E-state index < -0.39 is 167 Å². The highest BCUT2D eigenvalue weighted by atomic mass is 18.2. The standard InChI is InChI=1S/C15H19FN6O5.C11H13FN6O3.2C10H13FN6O4.3C9H11FN6O3/c16-6-10-7-21(19-18-10)12-5-13(24)9(4-14(12)25)3-11(23)8-20-2-1-17-15(20)22(26)27;12-3-5-17-7-9(14-15-17)1-2-10(19)8-16-6-4-13-11(16)18(20)21;11-3-8(18)9(19)6-16-5-7(13-14-16)4-15-2-1-12-10(15)17(20)21;11-3-7-4-16(14-13-7)6-9(19)8(18)5-15-2-1-12-10(15)17(20)21;10-1-3-15-5-7(12-13-15)8(17)6-14-4-2-11-9(14)16(18)19;10-3-8(6-17)15-5-7(12-13-15)4-14-2-1-11-9(14)16(18)19;10-3-8(17)6-15-5-7(12-13-15)4-14-2-1-11-9(14)16(18)19/h1-2,7,9,12-14,24-25H,3-6,8H2;4,6-7H,1-3,5,8H2;1-2,5,8-9,18-19H,3-4,6H2;1-2,4,8-9,18-19H,3,5-6H2;2,4-5,8,17H,1,3,6H2;2*1-2,5,8,17H,3-4,6H2/i16-1;12-1;2*11-1;3*10-1. The Kier molecular flexibility index (Phi) is 43.2. The number of rotatable bonds is 47. The van der Waals surface area contributed by atoms with Gasteiger partial charge < -0.3 is 117 Å². The number of nitrogens with zero attached hydrogens (tertiary/aromatic N) is 42. The Morgan fingerprint density at radius 3 is 1.18 bits per heavy atom. The van der Waals surface area contributed by atoms with Gasteiger partial charge in [0.2, 0.25) is 0 Å². The van der Waals surface area contributed by atoms with E-state index in [4.69, 9.17) is 15.3 Å².